The number of benzene rings is 1. The van der Waals surface area contributed by atoms with E-state index in [4.69, 9.17) is 5.73 Å². The number of H-pyrrole nitrogens is 1. The minimum absolute atomic E-state index is 0.0542. The summed E-state index contributed by atoms with van der Waals surface area (Å²) in [4.78, 5) is 6.74. The van der Waals surface area contributed by atoms with E-state index in [0.29, 0.717) is 5.82 Å². The van der Waals surface area contributed by atoms with Gasteiger partial charge in [-0.2, -0.15) is 0 Å². The zero-order chi connectivity index (χ0) is 11.5. The molecule has 0 saturated heterocycles. The highest BCUT2D eigenvalue weighted by atomic mass is 19.1. The van der Waals surface area contributed by atoms with Crippen LogP contribution in [0.15, 0.2) is 24.5 Å². The number of anilines is 2. The first-order valence-corrected chi connectivity index (χ1v) is 4.63. The third kappa shape index (κ3) is 2.10. The molecule has 1 aromatic carbocycles. The number of aromatic amines is 1. The first kappa shape index (κ1) is 10.4. The molecule has 0 amide bonds. The van der Waals surface area contributed by atoms with Crippen LogP contribution in [-0.4, -0.2) is 9.97 Å². The number of imidazole rings is 1. The Labute approximate surface area is 90.5 Å². The van der Waals surface area contributed by atoms with Crippen molar-refractivity contribution in [2.24, 2.45) is 0 Å². The summed E-state index contributed by atoms with van der Waals surface area (Å²) in [7, 11) is 0. The normalized spacial score (nSPS) is 10.4. The fourth-order valence-corrected chi connectivity index (χ4v) is 1.33. The van der Waals surface area contributed by atoms with Gasteiger partial charge in [-0.05, 0) is 12.1 Å². The van der Waals surface area contributed by atoms with Crippen LogP contribution in [0.2, 0.25) is 0 Å². The predicted octanol–water partition coefficient (Wildman–Crippen LogP) is 1.88. The number of rotatable bonds is 3. The Morgan fingerprint density at radius 1 is 1.31 bits per heavy atom. The highest BCUT2D eigenvalue weighted by molar-refractivity contribution is 5.53. The van der Waals surface area contributed by atoms with Crippen molar-refractivity contribution in [2.45, 2.75) is 6.54 Å². The zero-order valence-electron chi connectivity index (χ0n) is 8.30. The van der Waals surface area contributed by atoms with Crippen LogP contribution in [0.5, 0.6) is 0 Å². The molecule has 1 heterocycles. The molecule has 0 saturated carbocycles. The molecular weight excluding hydrogens is 214 g/mol. The number of halogens is 2. The van der Waals surface area contributed by atoms with Crippen molar-refractivity contribution in [3.05, 3.63) is 42.0 Å². The Bertz CT molecular complexity index is 459. The summed E-state index contributed by atoms with van der Waals surface area (Å²) < 4.78 is 26.7. The van der Waals surface area contributed by atoms with E-state index in [0.717, 1.165) is 12.1 Å². The van der Waals surface area contributed by atoms with Crippen molar-refractivity contribution in [2.75, 3.05) is 11.1 Å². The molecule has 16 heavy (non-hydrogen) atoms. The highest BCUT2D eigenvalue weighted by Gasteiger charge is 2.10. The van der Waals surface area contributed by atoms with E-state index in [1.165, 1.54) is 0 Å². The largest absolute Gasteiger partial charge is 0.399 e. The van der Waals surface area contributed by atoms with Crippen molar-refractivity contribution in [1.82, 2.24) is 9.97 Å². The fourth-order valence-electron chi connectivity index (χ4n) is 1.33. The molecule has 0 bridgehead atoms. The molecule has 2 aromatic rings. The second-order valence-electron chi connectivity index (χ2n) is 3.25. The molecule has 84 valence electrons. The quantitative estimate of drug-likeness (QED) is 0.697. The summed E-state index contributed by atoms with van der Waals surface area (Å²) in [5.41, 5.74) is 5.14. The summed E-state index contributed by atoms with van der Waals surface area (Å²) >= 11 is 0. The topological polar surface area (TPSA) is 66.7 Å². The van der Waals surface area contributed by atoms with E-state index in [9.17, 15) is 8.78 Å². The van der Waals surface area contributed by atoms with Gasteiger partial charge in [0.1, 0.15) is 11.5 Å². The monoisotopic (exact) mass is 224 g/mol. The van der Waals surface area contributed by atoms with Gasteiger partial charge in [0.25, 0.3) is 0 Å². The van der Waals surface area contributed by atoms with E-state index >= 15 is 0 Å². The lowest BCUT2D eigenvalue weighted by atomic mass is 10.2. The van der Waals surface area contributed by atoms with Gasteiger partial charge in [0, 0.05) is 18.1 Å². The van der Waals surface area contributed by atoms with Gasteiger partial charge in [-0.25, -0.2) is 13.8 Å². The molecular formula is C10H10F2N4. The smallest absolute Gasteiger partial charge is 0.151 e. The van der Waals surface area contributed by atoms with Crippen LogP contribution in [0.25, 0.3) is 0 Å². The molecule has 4 N–H and O–H groups in total. The van der Waals surface area contributed by atoms with Crippen molar-refractivity contribution in [3.63, 3.8) is 0 Å². The van der Waals surface area contributed by atoms with Crippen molar-refractivity contribution in [3.8, 4) is 0 Å². The number of hydrogen-bond acceptors (Lipinski definition) is 3. The molecule has 0 atom stereocenters. The number of nitrogens with zero attached hydrogens (tertiary/aromatic N) is 1. The summed E-state index contributed by atoms with van der Waals surface area (Å²) in [6, 6.07) is 2.13. The van der Waals surface area contributed by atoms with E-state index in [2.05, 4.69) is 15.3 Å². The van der Waals surface area contributed by atoms with E-state index in [-0.39, 0.29) is 17.9 Å². The Kier molecular flexibility index (Phi) is 2.72. The number of nitrogen functional groups attached to an aromatic ring is 1. The maximum Gasteiger partial charge on any atom is 0.151 e. The lowest BCUT2D eigenvalue weighted by Crippen LogP contribution is -2.05. The van der Waals surface area contributed by atoms with Crippen LogP contribution in [0.4, 0.5) is 20.2 Å². The van der Waals surface area contributed by atoms with Crippen LogP contribution in [0, 0.1) is 11.6 Å². The van der Waals surface area contributed by atoms with Crippen molar-refractivity contribution in [1.29, 1.82) is 0 Å². The van der Waals surface area contributed by atoms with Gasteiger partial charge in [-0.15, -0.1) is 0 Å². The summed E-state index contributed by atoms with van der Waals surface area (Å²) in [5.74, 6) is -0.844. The van der Waals surface area contributed by atoms with Gasteiger partial charge in [0.05, 0.1) is 6.54 Å². The van der Waals surface area contributed by atoms with E-state index in [1.54, 1.807) is 12.4 Å². The lowest BCUT2D eigenvalue weighted by molar-refractivity contribution is 0.589. The standard InChI is InChI=1S/C10H10F2N4/c11-7-3-6(13)4-8(12)10(7)16-5-9-14-1-2-15-9/h1-4,16H,5,13H2,(H,14,15). The minimum Gasteiger partial charge on any atom is -0.399 e. The van der Waals surface area contributed by atoms with Gasteiger partial charge in [0.2, 0.25) is 0 Å². The lowest BCUT2D eigenvalue weighted by Gasteiger charge is -2.07. The first-order valence-electron chi connectivity index (χ1n) is 4.63. The summed E-state index contributed by atoms with van der Waals surface area (Å²) in [5, 5.41) is 2.61. The molecule has 1 aromatic heterocycles. The number of hydrogen-bond donors (Lipinski definition) is 3. The molecule has 0 fully saturated rings. The maximum absolute atomic E-state index is 13.3. The summed E-state index contributed by atoms with van der Waals surface area (Å²) in [6.45, 7) is 0.213. The zero-order valence-corrected chi connectivity index (χ0v) is 8.30. The second kappa shape index (κ2) is 4.18. The Morgan fingerprint density at radius 2 is 2.00 bits per heavy atom. The molecule has 0 spiro atoms. The van der Waals surface area contributed by atoms with Gasteiger partial charge < -0.3 is 16.0 Å². The van der Waals surface area contributed by atoms with Crippen molar-refractivity contribution >= 4 is 11.4 Å². The molecule has 6 heteroatoms. The Balaban J connectivity index is 2.15. The molecule has 4 nitrogen and oxygen atoms in total. The fraction of sp³-hybridized carbons (Fsp3) is 0.100. The first-order chi connectivity index (χ1) is 7.66. The molecule has 0 unspecified atom stereocenters. The molecule has 0 radical (unpaired) electrons. The SMILES string of the molecule is Nc1cc(F)c(NCc2ncc[nH]2)c(F)c1. The van der Waals surface area contributed by atoms with Crippen LogP contribution in [-0.2, 0) is 6.54 Å². The maximum atomic E-state index is 13.3. The highest BCUT2D eigenvalue weighted by Crippen LogP contribution is 2.22. The van der Waals surface area contributed by atoms with Crippen LogP contribution < -0.4 is 11.1 Å². The molecule has 2 rings (SSSR count). The van der Waals surface area contributed by atoms with Gasteiger partial charge in [-0.1, -0.05) is 0 Å². The van der Waals surface area contributed by atoms with Crippen LogP contribution in [0.1, 0.15) is 5.82 Å². The van der Waals surface area contributed by atoms with Crippen molar-refractivity contribution < 1.29 is 8.78 Å². The van der Waals surface area contributed by atoms with Gasteiger partial charge >= 0.3 is 0 Å². The van der Waals surface area contributed by atoms with E-state index in [1.807, 2.05) is 0 Å². The second-order valence-corrected chi connectivity index (χ2v) is 3.25. The average molecular weight is 224 g/mol. The Morgan fingerprint density at radius 3 is 2.56 bits per heavy atom. The number of aromatic nitrogens is 2. The molecule has 0 aliphatic rings. The third-order valence-corrected chi connectivity index (χ3v) is 2.05. The Hall–Kier alpha value is -2.11. The number of nitrogens with two attached hydrogens (primary N) is 1. The molecule has 0 aliphatic carbocycles. The molecule has 0 aliphatic heterocycles. The third-order valence-electron chi connectivity index (χ3n) is 2.05. The number of nitrogens with one attached hydrogen (secondary N) is 2. The van der Waals surface area contributed by atoms with Crippen LogP contribution >= 0.6 is 0 Å². The predicted molar refractivity (Wildman–Crippen MR) is 56.7 cm³/mol. The minimum atomic E-state index is -0.718. The van der Waals surface area contributed by atoms with Crippen LogP contribution in [0.3, 0.4) is 0 Å². The van der Waals surface area contributed by atoms with Gasteiger partial charge in [-0.3, -0.25) is 0 Å². The average Bonchev–Trinajstić information content (AvgIpc) is 2.68. The van der Waals surface area contributed by atoms with E-state index < -0.39 is 11.6 Å². The summed E-state index contributed by atoms with van der Waals surface area (Å²) in [6.07, 6.45) is 3.19. The van der Waals surface area contributed by atoms with Gasteiger partial charge in [0.15, 0.2) is 11.6 Å².